The molecule has 0 radical (unpaired) electrons. The summed E-state index contributed by atoms with van der Waals surface area (Å²) in [5, 5.41) is 0.472. The van der Waals surface area contributed by atoms with E-state index in [1.807, 2.05) is 0 Å². The fraction of sp³-hybridized carbons (Fsp3) is 0.294. The van der Waals surface area contributed by atoms with E-state index in [9.17, 15) is 17.2 Å². The minimum atomic E-state index is -3.58. The number of sulfonamides is 1. The van der Waals surface area contributed by atoms with E-state index in [0.717, 1.165) is 4.90 Å². The van der Waals surface area contributed by atoms with Crippen LogP contribution in [0.25, 0.3) is 0 Å². The quantitative estimate of drug-likeness (QED) is 0.867. The molecule has 3 rings (SSSR count). The Labute approximate surface area is 150 Å². The van der Waals surface area contributed by atoms with Crippen molar-refractivity contribution in [3.8, 4) is 0 Å². The highest BCUT2D eigenvalue weighted by Crippen LogP contribution is 2.18. The highest BCUT2D eigenvalue weighted by molar-refractivity contribution is 7.89. The summed E-state index contributed by atoms with van der Waals surface area (Å²) in [4.78, 5) is 1.15. The van der Waals surface area contributed by atoms with E-state index in [0.29, 0.717) is 31.2 Å². The van der Waals surface area contributed by atoms with Crippen LogP contribution in [0.4, 0.5) is 8.78 Å². The Morgan fingerprint density at radius 1 is 1.00 bits per heavy atom. The van der Waals surface area contributed by atoms with Crippen LogP contribution in [-0.4, -0.2) is 38.9 Å². The first-order valence-corrected chi connectivity index (χ1v) is 9.72. The van der Waals surface area contributed by atoms with Crippen molar-refractivity contribution in [2.75, 3.05) is 26.2 Å². The van der Waals surface area contributed by atoms with Crippen molar-refractivity contribution in [2.45, 2.75) is 11.4 Å². The van der Waals surface area contributed by atoms with Crippen LogP contribution in [-0.2, 0) is 16.6 Å². The van der Waals surface area contributed by atoms with Gasteiger partial charge in [0, 0.05) is 5.02 Å². The number of piperazine rings is 1. The summed E-state index contributed by atoms with van der Waals surface area (Å²) < 4.78 is 54.2. The Bertz CT molecular complexity index is 831. The van der Waals surface area contributed by atoms with Crippen molar-refractivity contribution in [1.82, 2.24) is 4.31 Å². The molecular formula is C17H18ClF2N2O2S+. The van der Waals surface area contributed by atoms with Crippen LogP contribution in [0.3, 0.4) is 0 Å². The molecule has 2 aromatic carbocycles. The maximum absolute atomic E-state index is 13.8. The molecule has 0 saturated carbocycles. The van der Waals surface area contributed by atoms with Crippen LogP contribution >= 0.6 is 11.6 Å². The SMILES string of the molecule is O=S(=O)(c1ccc(Cl)cc1)N1CC[NH+](Cc2c(F)cccc2F)CC1. The number of rotatable bonds is 4. The van der Waals surface area contributed by atoms with Gasteiger partial charge >= 0.3 is 0 Å². The van der Waals surface area contributed by atoms with Crippen molar-refractivity contribution in [1.29, 1.82) is 0 Å². The zero-order valence-corrected chi connectivity index (χ0v) is 15.0. The third-order valence-electron chi connectivity index (χ3n) is 4.37. The molecule has 1 aliphatic rings. The first-order valence-electron chi connectivity index (χ1n) is 7.90. The molecule has 0 unspecified atom stereocenters. The molecular weight excluding hydrogens is 370 g/mol. The lowest BCUT2D eigenvalue weighted by molar-refractivity contribution is -0.917. The maximum atomic E-state index is 13.8. The van der Waals surface area contributed by atoms with Gasteiger partial charge in [0.1, 0.15) is 18.2 Å². The molecule has 1 N–H and O–H groups in total. The summed E-state index contributed by atoms with van der Waals surface area (Å²) in [6, 6.07) is 9.84. The maximum Gasteiger partial charge on any atom is 0.243 e. The Hall–Kier alpha value is -1.54. The molecule has 0 amide bonds. The summed E-state index contributed by atoms with van der Waals surface area (Å²) >= 11 is 5.80. The highest BCUT2D eigenvalue weighted by Gasteiger charge is 2.31. The predicted octanol–water partition coefficient (Wildman–Crippen LogP) is 1.71. The van der Waals surface area contributed by atoms with Crippen molar-refractivity contribution >= 4 is 21.6 Å². The average Bonchev–Trinajstić information content (AvgIpc) is 2.59. The van der Waals surface area contributed by atoms with Gasteiger partial charge in [-0.05, 0) is 36.4 Å². The van der Waals surface area contributed by atoms with E-state index in [2.05, 4.69) is 0 Å². The molecule has 2 aromatic rings. The average molecular weight is 388 g/mol. The van der Waals surface area contributed by atoms with E-state index in [-0.39, 0.29) is 17.0 Å². The van der Waals surface area contributed by atoms with E-state index in [4.69, 9.17) is 11.6 Å². The molecule has 0 atom stereocenters. The lowest BCUT2D eigenvalue weighted by Crippen LogP contribution is -3.13. The monoisotopic (exact) mass is 387 g/mol. The van der Waals surface area contributed by atoms with Crippen LogP contribution < -0.4 is 4.90 Å². The van der Waals surface area contributed by atoms with Gasteiger partial charge in [-0.15, -0.1) is 0 Å². The molecule has 1 saturated heterocycles. The third-order valence-corrected chi connectivity index (χ3v) is 6.53. The van der Waals surface area contributed by atoms with E-state index >= 15 is 0 Å². The summed E-state index contributed by atoms with van der Waals surface area (Å²) in [5.74, 6) is -1.13. The minimum Gasteiger partial charge on any atom is -0.329 e. The Morgan fingerprint density at radius 3 is 2.12 bits per heavy atom. The van der Waals surface area contributed by atoms with Gasteiger partial charge in [0.05, 0.1) is 36.6 Å². The van der Waals surface area contributed by atoms with Gasteiger partial charge in [0.2, 0.25) is 10.0 Å². The summed E-state index contributed by atoms with van der Waals surface area (Å²) in [5.41, 5.74) is 0.0477. The van der Waals surface area contributed by atoms with Gasteiger partial charge in [0.15, 0.2) is 0 Å². The zero-order valence-electron chi connectivity index (χ0n) is 13.4. The molecule has 8 heteroatoms. The molecule has 134 valence electrons. The van der Waals surface area contributed by atoms with Crippen molar-refractivity contribution in [3.05, 3.63) is 64.7 Å². The Balaban J connectivity index is 1.66. The van der Waals surface area contributed by atoms with Gasteiger partial charge in [-0.3, -0.25) is 0 Å². The number of nitrogens with one attached hydrogen (secondary N) is 1. The largest absolute Gasteiger partial charge is 0.329 e. The van der Waals surface area contributed by atoms with Crippen LogP contribution in [0, 0.1) is 11.6 Å². The Morgan fingerprint density at radius 2 is 1.56 bits per heavy atom. The van der Waals surface area contributed by atoms with Crippen LogP contribution in [0.5, 0.6) is 0 Å². The van der Waals surface area contributed by atoms with Gasteiger partial charge < -0.3 is 4.90 Å². The zero-order chi connectivity index (χ0) is 18.0. The molecule has 1 heterocycles. The van der Waals surface area contributed by atoms with Gasteiger partial charge in [-0.1, -0.05) is 17.7 Å². The molecule has 4 nitrogen and oxygen atoms in total. The fourth-order valence-electron chi connectivity index (χ4n) is 2.93. The van der Waals surface area contributed by atoms with Gasteiger partial charge in [0.25, 0.3) is 0 Å². The summed E-state index contributed by atoms with van der Waals surface area (Å²) in [6.45, 7) is 1.78. The number of hydrogen-bond acceptors (Lipinski definition) is 2. The second kappa shape index (κ2) is 7.37. The minimum absolute atomic E-state index is 0.0477. The van der Waals surface area contributed by atoms with E-state index < -0.39 is 21.7 Å². The number of hydrogen-bond donors (Lipinski definition) is 1. The molecule has 0 aliphatic carbocycles. The first-order chi connectivity index (χ1) is 11.9. The summed E-state index contributed by atoms with van der Waals surface area (Å²) in [6.07, 6.45) is 0. The van der Waals surface area contributed by atoms with E-state index in [1.165, 1.54) is 46.8 Å². The normalized spacial score (nSPS) is 16.9. The molecule has 25 heavy (non-hydrogen) atoms. The van der Waals surface area contributed by atoms with Crippen LogP contribution in [0.1, 0.15) is 5.56 Å². The summed E-state index contributed by atoms with van der Waals surface area (Å²) in [7, 11) is -3.58. The lowest BCUT2D eigenvalue weighted by Gasteiger charge is -2.31. The second-order valence-electron chi connectivity index (χ2n) is 5.98. The molecule has 1 aliphatic heterocycles. The molecule has 0 aromatic heterocycles. The fourth-order valence-corrected chi connectivity index (χ4v) is 4.49. The highest BCUT2D eigenvalue weighted by atomic mass is 35.5. The van der Waals surface area contributed by atoms with Crippen molar-refractivity contribution in [3.63, 3.8) is 0 Å². The molecule has 0 bridgehead atoms. The van der Waals surface area contributed by atoms with Crippen LogP contribution in [0.2, 0.25) is 5.02 Å². The lowest BCUT2D eigenvalue weighted by atomic mass is 10.1. The van der Waals surface area contributed by atoms with Gasteiger partial charge in [-0.2, -0.15) is 4.31 Å². The van der Waals surface area contributed by atoms with Crippen molar-refractivity contribution < 1.29 is 22.1 Å². The second-order valence-corrected chi connectivity index (χ2v) is 8.36. The standard InChI is InChI=1S/C17H17ClF2N2O2S/c18-13-4-6-14(7-5-13)25(23,24)22-10-8-21(9-11-22)12-15-16(19)2-1-3-17(15)20/h1-7H,8-12H2/p+1. The number of nitrogens with zero attached hydrogens (tertiary/aromatic N) is 1. The predicted molar refractivity (Wildman–Crippen MR) is 91.0 cm³/mol. The van der Waals surface area contributed by atoms with Gasteiger partial charge in [-0.25, -0.2) is 17.2 Å². The topological polar surface area (TPSA) is 41.8 Å². The molecule has 0 spiro atoms. The number of halogens is 3. The van der Waals surface area contributed by atoms with Crippen LogP contribution in [0.15, 0.2) is 47.4 Å². The first kappa shape index (κ1) is 18.3. The smallest absolute Gasteiger partial charge is 0.243 e. The third kappa shape index (κ3) is 4.00. The Kier molecular flexibility index (Phi) is 5.38. The molecule has 1 fully saturated rings. The number of quaternary nitrogens is 1. The van der Waals surface area contributed by atoms with Crippen molar-refractivity contribution in [2.24, 2.45) is 0 Å². The van der Waals surface area contributed by atoms with E-state index in [1.54, 1.807) is 0 Å². The number of benzene rings is 2.